The van der Waals surface area contributed by atoms with E-state index in [1.165, 1.54) is 11.8 Å². The molecule has 0 aromatic heterocycles. The van der Waals surface area contributed by atoms with Gasteiger partial charge in [-0.3, -0.25) is 14.7 Å². The molecule has 0 atom stereocenters. The van der Waals surface area contributed by atoms with Gasteiger partial charge in [-0.15, -0.1) is 0 Å². The van der Waals surface area contributed by atoms with Crippen molar-refractivity contribution >= 4 is 63.1 Å². The number of amidine groups is 1. The molecule has 0 bridgehead atoms. The van der Waals surface area contributed by atoms with Crippen molar-refractivity contribution in [1.29, 1.82) is 0 Å². The maximum atomic E-state index is 13.1. The van der Waals surface area contributed by atoms with Crippen LogP contribution >= 0.6 is 46.0 Å². The Balaban J connectivity index is 1.92. The first-order valence-electron chi connectivity index (χ1n) is 10.8. The fourth-order valence-electron chi connectivity index (χ4n) is 3.24. The standard InChI is InChI=1S/C25H28ClIN2O3S/c1-6-31-21-12-17(11-20(27)23(21)32-14-18-9-7-8-10-19(18)26)13-22-24(30)29(16(4)5)25(33-22)28-15(2)3/h7-13,15-16H,6,14H2,1-5H3/b22-13+,28-25?. The average molecular weight is 599 g/mol. The summed E-state index contributed by atoms with van der Waals surface area (Å²) in [4.78, 5) is 20.1. The molecule has 0 radical (unpaired) electrons. The molecule has 8 heteroatoms. The van der Waals surface area contributed by atoms with E-state index in [2.05, 4.69) is 27.6 Å². The van der Waals surface area contributed by atoms with Crippen LogP contribution in [-0.2, 0) is 11.4 Å². The Morgan fingerprint density at radius 1 is 1.18 bits per heavy atom. The molecule has 0 unspecified atom stereocenters. The van der Waals surface area contributed by atoms with Gasteiger partial charge in [0.1, 0.15) is 6.61 Å². The van der Waals surface area contributed by atoms with E-state index in [4.69, 9.17) is 21.1 Å². The normalized spacial score (nSPS) is 16.5. The largest absolute Gasteiger partial charge is 0.490 e. The van der Waals surface area contributed by atoms with E-state index in [1.54, 1.807) is 4.90 Å². The number of hydrogen-bond donors (Lipinski definition) is 0. The van der Waals surface area contributed by atoms with Crippen molar-refractivity contribution in [1.82, 2.24) is 4.90 Å². The summed E-state index contributed by atoms with van der Waals surface area (Å²) >= 11 is 9.92. The van der Waals surface area contributed by atoms with Crippen molar-refractivity contribution in [2.75, 3.05) is 6.61 Å². The van der Waals surface area contributed by atoms with E-state index in [1.807, 2.05) is 77.1 Å². The number of benzene rings is 2. The molecule has 1 aliphatic heterocycles. The van der Waals surface area contributed by atoms with Crippen molar-refractivity contribution in [3.63, 3.8) is 0 Å². The Labute approximate surface area is 218 Å². The SMILES string of the molecule is CCOc1cc(/C=C2/SC(=NC(C)C)N(C(C)C)C2=O)cc(I)c1OCc1ccccc1Cl. The van der Waals surface area contributed by atoms with E-state index >= 15 is 0 Å². The van der Waals surface area contributed by atoms with Crippen LogP contribution in [0.25, 0.3) is 6.08 Å². The second-order valence-corrected chi connectivity index (χ2v) is 10.6. The summed E-state index contributed by atoms with van der Waals surface area (Å²) in [6, 6.07) is 11.7. The van der Waals surface area contributed by atoms with E-state index in [0.717, 1.165) is 19.9 Å². The van der Waals surface area contributed by atoms with Crippen molar-refractivity contribution in [2.45, 2.75) is 53.3 Å². The monoisotopic (exact) mass is 598 g/mol. The van der Waals surface area contributed by atoms with Gasteiger partial charge in [0.25, 0.3) is 5.91 Å². The van der Waals surface area contributed by atoms with E-state index in [-0.39, 0.29) is 18.0 Å². The van der Waals surface area contributed by atoms with Crippen molar-refractivity contribution < 1.29 is 14.3 Å². The van der Waals surface area contributed by atoms with E-state index in [9.17, 15) is 4.79 Å². The summed E-state index contributed by atoms with van der Waals surface area (Å²) in [7, 11) is 0. The lowest BCUT2D eigenvalue weighted by atomic mass is 10.1. The number of halogens is 2. The first-order valence-corrected chi connectivity index (χ1v) is 13.1. The maximum Gasteiger partial charge on any atom is 0.266 e. The summed E-state index contributed by atoms with van der Waals surface area (Å²) in [6.45, 7) is 10.8. The molecule has 0 spiro atoms. The highest BCUT2D eigenvalue weighted by Gasteiger charge is 2.35. The lowest BCUT2D eigenvalue weighted by Gasteiger charge is -2.20. The fourth-order valence-corrected chi connectivity index (χ4v) is 5.45. The Morgan fingerprint density at radius 3 is 2.55 bits per heavy atom. The Morgan fingerprint density at radius 2 is 1.91 bits per heavy atom. The molecule has 2 aromatic carbocycles. The van der Waals surface area contributed by atoms with Crippen LogP contribution < -0.4 is 9.47 Å². The minimum Gasteiger partial charge on any atom is -0.490 e. The molecule has 3 rings (SSSR count). The van der Waals surface area contributed by atoms with Crippen LogP contribution in [0.2, 0.25) is 5.02 Å². The van der Waals surface area contributed by atoms with Crippen molar-refractivity contribution in [2.24, 2.45) is 4.99 Å². The zero-order valence-electron chi connectivity index (χ0n) is 19.4. The van der Waals surface area contributed by atoms with Crippen molar-refractivity contribution in [3.05, 3.63) is 61.0 Å². The lowest BCUT2D eigenvalue weighted by Crippen LogP contribution is -2.35. The number of nitrogens with zero attached hydrogens (tertiary/aromatic N) is 2. The predicted octanol–water partition coefficient (Wildman–Crippen LogP) is 7.01. The summed E-state index contributed by atoms with van der Waals surface area (Å²) in [6.07, 6.45) is 1.90. The second kappa shape index (κ2) is 11.6. The van der Waals surface area contributed by atoms with Gasteiger partial charge >= 0.3 is 0 Å². The van der Waals surface area contributed by atoms with Gasteiger partial charge in [-0.2, -0.15) is 0 Å². The summed E-state index contributed by atoms with van der Waals surface area (Å²) in [5.74, 6) is 1.27. The smallest absolute Gasteiger partial charge is 0.266 e. The quantitative estimate of drug-likeness (QED) is 0.242. The van der Waals surface area contributed by atoms with Crippen LogP contribution in [0.5, 0.6) is 11.5 Å². The molecule has 0 saturated carbocycles. The van der Waals surface area contributed by atoms with Gasteiger partial charge in [0.05, 0.1) is 15.1 Å². The minimum absolute atomic E-state index is 0.0265. The lowest BCUT2D eigenvalue weighted by molar-refractivity contribution is -0.123. The fraction of sp³-hybridized carbons (Fsp3) is 0.360. The van der Waals surface area contributed by atoms with Gasteiger partial charge in [-0.25, -0.2) is 0 Å². The molecule has 1 amide bonds. The Kier molecular flexibility index (Phi) is 9.12. The number of carbonyl (C=O) groups excluding carboxylic acids is 1. The first kappa shape index (κ1) is 25.9. The highest BCUT2D eigenvalue weighted by atomic mass is 127. The molecule has 1 saturated heterocycles. The number of amides is 1. The van der Waals surface area contributed by atoms with Crippen LogP contribution in [0.15, 0.2) is 46.3 Å². The maximum absolute atomic E-state index is 13.1. The van der Waals surface area contributed by atoms with Gasteiger partial charge < -0.3 is 9.47 Å². The third-order valence-electron chi connectivity index (χ3n) is 4.68. The zero-order valence-corrected chi connectivity index (χ0v) is 23.1. The third kappa shape index (κ3) is 6.45. The van der Waals surface area contributed by atoms with Gasteiger partial charge in [-0.1, -0.05) is 29.8 Å². The van der Waals surface area contributed by atoms with Crippen molar-refractivity contribution in [3.8, 4) is 11.5 Å². The zero-order chi connectivity index (χ0) is 24.1. The summed E-state index contributed by atoms with van der Waals surface area (Å²) in [5, 5.41) is 1.41. The molecule has 0 N–H and O–H groups in total. The minimum atomic E-state index is -0.0265. The second-order valence-electron chi connectivity index (χ2n) is 8.03. The number of thioether (sulfide) groups is 1. The average Bonchev–Trinajstić information content (AvgIpc) is 3.03. The summed E-state index contributed by atoms with van der Waals surface area (Å²) in [5.41, 5.74) is 1.78. The van der Waals surface area contributed by atoms with Crippen LogP contribution in [0, 0.1) is 3.57 Å². The highest BCUT2D eigenvalue weighted by molar-refractivity contribution is 14.1. The van der Waals surface area contributed by atoms with Crippen LogP contribution in [0.3, 0.4) is 0 Å². The highest BCUT2D eigenvalue weighted by Crippen LogP contribution is 2.38. The van der Waals surface area contributed by atoms with Crippen LogP contribution in [0.4, 0.5) is 0 Å². The molecule has 1 aliphatic rings. The Bertz CT molecular complexity index is 1090. The third-order valence-corrected chi connectivity index (χ3v) is 6.85. The predicted molar refractivity (Wildman–Crippen MR) is 146 cm³/mol. The molecule has 1 fully saturated rings. The van der Waals surface area contributed by atoms with Crippen LogP contribution in [-0.4, -0.2) is 34.7 Å². The molecule has 176 valence electrons. The van der Waals surface area contributed by atoms with Gasteiger partial charge in [0, 0.05) is 22.7 Å². The summed E-state index contributed by atoms with van der Waals surface area (Å²) < 4.78 is 12.9. The Hall–Kier alpha value is -1.71. The van der Waals surface area contributed by atoms with E-state index in [0.29, 0.717) is 34.6 Å². The molecular weight excluding hydrogens is 571 g/mol. The number of aliphatic imine (C=N–C) groups is 1. The molecule has 5 nitrogen and oxygen atoms in total. The molecular formula is C25H28ClIN2O3S. The first-order chi connectivity index (χ1) is 15.7. The molecule has 1 heterocycles. The van der Waals surface area contributed by atoms with E-state index < -0.39 is 0 Å². The molecule has 0 aliphatic carbocycles. The van der Waals surface area contributed by atoms with Gasteiger partial charge in [0.15, 0.2) is 16.7 Å². The van der Waals surface area contributed by atoms with Crippen LogP contribution in [0.1, 0.15) is 45.7 Å². The molecule has 33 heavy (non-hydrogen) atoms. The number of hydrogen-bond acceptors (Lipinski definition) is 5. The van der Waals surface area contributed by atoms with Gasteiger partial charge in [0.2, 0.25) is 0 Å². The van der Waals surface area contributed by atoms with Gasteiger partial charge in [-0.05, 0) is 98.8 Å². The molecule has 2 aromatic rings. The number of rotatable bonds is 8. The topological polar surface area (TPSA) is 51.1 Å². The number of ether oxygens (including phenoxy) is 2. The number of carbonyl (C=O) groups is 1.